The summed E-state index contributed by atoms with van der Waals surface area (Å²) in [7, 11) is 0. The molecule has 1 atom stereocenters. The number of ether oxygens (including phenoxy) is 1. The molecule has 0 unspecified atom stereocenters. The number of carbonyl (C=O) groups excluding carboxylic acids is 3. The van der Waals surface area contributed by atoms with E-state index >= 15 is 0 Å². The summed E-state index contributed by atoms with van der Waals surface area (Å²) < 4.78 is 5.16. The Morgan fingerprint density at radius 2 is 1.96 bits per heavy atom. The van der Waals surface area contributed by atoms with Gasteiger partial charge >= 0.3 is 5.97 Å². The van der Waals surface area contributed by atoms with E-state index in [9.17, 15) is 14.4 Å². The Morgan fingerprint density at radius 1 is 1.22 bits per heavy atom. The van der Waals surface area contributed by atoms with Gasteiger partial charge in [-0.15, -0.1) is 11.3 Å². The minimum absolute atomic E-state index is 0.0364. The molecule has 5 nitrogen and oxygen atoms in total. The van der Waals surface area contributed by atoms with Crippen LogP contribution in [0.4, 0.5) is 5.69 Å². The zero-order valence-electron chi connectivity index (χ0n) is 15.5. The van der Waals surface area contributed by atoms with Crippen LogP contribution in [0.2, 0.25) is 0 Å². The highest BCUT2D eigenvalue weighted by Gasteiger charge is 2.23. The lowest BCUT2D eigenvalue weighted by atomic mass is 9.87. The van der Waals surface area contributed by atoms with Crippen molar-refractivity contribution < 1.29 is 19.1 Å². The quantitative estimate of drug-likeness (QED) is 0.596. The highest BCUT2D eigenvalue weighted by molar-refractivity contribution is 7.14. The molecule has 142 valence electrons. The molecule has 0 radical (unpaired) electrons. The van der Waals surface area contributed by atoms with Crippen molar-refractivity contribution >= 4 is 34.7 Å². The predicted octanol–water partition coefficient (Wildman–Crippen LogP) is 4.26. The molecule has 1 aliphatic carbocycles. The summed E-state index contributed by atoms with van der Waals surface area (Å²) in [6.07, 6.45) is 4.36. The first-order chi connectivity index (χ1) is 13.0. The summed E-state index contributed by atoms with van der Waals surface area (Å²) in [5.74, 6) is -0.210. The zero-order chi connectivity index (χ0) is 19.4. The van der Waals surface area contributed by atoms with Crippen molar-refractivity contribution in [2.75, 3.05) is 11.9 Å². The molecular weight excluding hydrogens is 362 g/mol. The SMILES string of the molecule is CC[C@@H]1CCc2sc(C(=O)OCC(=O)Nc3ccc(C(C)=O)cc3)cc2C1. The summed E-state index contributed by atoms with van der Waals surface area (Å²) >= 11 is 1.48. The Hall–Kier alpha value is -2.47. The van der Waals surface area contributed by atoms with Gasteiger partial charge in [0.25, 0.3) is 5.91 Å². The molecule has 1 aromatic carbocycles. The fourth-order valence-electron chi connectivity index (χ4n) is 3.24. The Bertz CT molecular complexity index is 854. The van der Waals surface area contributed by atoms with E-state index in [2.05, 4.69) is 12.2 Å². The van der Waals surface area contributed by atoms with E-state index < -0.39 is 11.9 Å². The average Bonchev–Trinajstić information content (AvgIpc) is 3.09. The summed E-state index contributed by atoms with van der Waals surface area (Å²) in [5.41, 5.74) is 2.38. The third-order valence-electron chi connectivity index (χ3n) is 4.87. The molecule has 1 aromatic heterocycles. The van der Waals surface area contributed by atoms with Crippen LogP contribution >= 0.6 is 11.3 Å². The number of benzene rings is 1. The lowest BCUT2D eigenvalue weighted by molar-refractivity contribution is -0.119. The molecule has 1 heterocycles. The van der Waals surface area contributed by atoms with E-state index in [1.54, 1.807) is 24.3 Å². The van der Waals surface area contributed by atoms with Gasteiger partial charge in [-0.3, -0.25) is 9.59 Å². The Labute approximate surface area is 162 Å². The van der Waals surface area contributed by atoms with E-state index in [-0.39, 0.29) is 12.4 Å². The van der Waals surface area contributed by atoms with Crippen LogP contribution in [0.1, 0.15) is 57.2 Å². The first kappa shape index (κ1) is 19.3. The number of Topliss-reactive ketones (excluding diaryl/α,β-unsaturated/α-hetero) is 1. The number of hydrogen-bond acceptors (Lipinski definition) is 5. The van der Waals surface area contributed by atoms with Crippen LogP contribution in [0.3, 0.4) is 0 Å². The number of rotatable bonds is 6. The van der Waals surface area contributed by atoms with Gasteiger partial charge in [0.05, 0.1) is 0 Å². The standard InChI is InChI=1S/C21H23NO4S/c1-3-14-4-9-18-16(10-14)11-19(27-18)21(25)26-12-20(24)22-17-7-5-15(6-8-17)13(2)23/h5-8,11,14H,3-4,9-10,12H2,1-2H3,(H,22,24)/t14-/m1/s1. The maximum absolute atomic E-state index is 12.3. The molecule has 0 fully saturated rings. The van der Waals surface area contributed by atoms with Gasteiger partial charge in [-0.05, 0) is 68.0 Å². The zero-order valence-corrected chi connectivity index (χ0v) is 16.4. The summed E-state index contributed by atoms with van der Waals surface area (Å²) in [5, 5.41) is 2.65. The van der Waals surface area contributed by atoms with E-state index in [4.69, 9.17) is 4.74 Å². The second-order valence-electron chi connectivity index (χ2n) is 6.83. The van der Waals surface area contributed by atoms with Crippen LogP contribution in [-0.4, -0.2) is 24.3 Å². The predicted molar refractivity (Wildman–Crippen MR) is 105 cm³/mol. The molecule has 2 aromatic rings. The van der Waals surface area contributed by atoms with Gasteiger partial charge in [-0.25, -0.2) is 4.79 Å². The molecule has 0 saturated carbocycles. The number of thiophene rings is 1. The third-order valence-corrected chi connectivity index (χ3v) is 6.09. The second-order valence-corrected chi connectivity index (χ2v) is 7.97. The third kappa shape index (κ3) is 4.83. The lowest BCUT2D eigenvalue weighted by Gasteiger charge is -2.19. The Morgan fingerprint density at radius 3 is 2.63 bits per heavy atom. The highest BCUT2D eigenvalue weighted by Crippen LogP contribution is 2.33. The van der Waals surface area contributed by atoms with Crippen LogP contribution < -0.4 is 5.32 Å². The van der Waals surface area contributed by atoms with Crippen molar-refractivity contribution in [3.8, 4) is 0 Å². The molecule has 3 rings (SSSR count). The molecular formula is C21H23NO4S. The van der Waals surface area contributed by atoms with E-state index in [1.807, 2.05) is 6.07 Å². The molecule has 27 heavy (non-hydrogen) atoms. The van der Waals surface area contributed by atoms with Gasteiger partial charge in [0.2, 0.25) is 0 Å². The highest BCUT2D eigenvalue weighted by atomic mass is 32.1. The van der Waals surface area contributed by atoms with Crippen LogP contribution in [-0.2, 0) is 22.4 Å². The monoisotopic (exact) mass is 385 g/mol. The molecule has 1 aliphatic rings. The number of hydrogen-bond donors (Lipinski definition) is 1. The van der Waals surface area contributed by atoms with Crippen LogP contribution in [0, 0.1) is 5.92 Å². The average molecular weight is 385 g/mol. The van der Waals surface area contributed by atoms with Crippen molar-refractivity contribution in [2.24, 2.45) is 5.92 Å². The van der Waals surface area contributed by atoms with E-state index in [0.717, 1.165) is 19.3 Å². The number of nitrogens with one attached hydrogen (secondary N) is 1. The van der Waals surface area contributed by atoms with E-state index in [0.29, 0.717) is 22.0 Å². The molecule has 0 saturated heterocycles. The van der Waals surface area contributed by atoms with Crippen LogP contribution in [0.5, 0.6) is 0 Å². The number of amides is 1. The Kier molecular flexibility index (Phi) is 6.06. The summed E-state index contributed by atoms with van der Waals surface area (Å²) in [4.78, 5) is 37.3. The fourth-order valence-corrected chi connectivity index (χ4v) is 4.34. The van der Waals surface area contributed by atoms with Gasteiger partial charge in [-0.2, -0.15) is 0 Å². The van der Waals surface area contributed by atoms with Crippen LogP contribution in [0.25, 0.3) is 0 Å². The van der Waals surface area contributed by atoms with E-state index in [1.165, 1.54) is 35.1 Å². The van der Waals surface area contributed by atoms with Gasteiger partial charge in [0, 0.05) is 16.1 Å². The Balaban J connectivity index is 1.52. The van der Waals surface area contributed by atoms with Crippen molar-refractivity contribution in [1.29, 1.82) is 0 Å². The number of ketones is 1. The van der Waals surface area contributed by atoms with Crippen molar-refractivity contribution in [3.63, 3.8) is 0 Å². The summed E-state index contributed by atoms with van der Waals surface area (Å²) in [6, 6.07) is 8.50. The normalized spacial score (nSPS) is 15.7. The van der Waals surface area contributed by atoms with Gasteiger partial charge in [-0.1, -0.05) is 13.3 Å². The fraction of sp³-hybridized carbons (Fsp3) is 0.381. The number of anilines is 1. The number of esters is 1. The number of fused-ring (bicyclic) bond motifs is 1. The smallest absolute Gasteiger partial charge is 0.348 e. The molecule has 0 bridgehead atoms. The van der Waals surface area contributed by atoms with Gasteiger partial charge in [0.15, 0.2) is 12.4 Å². The van der Waals surface area contributed by atoms with Crippen LogP contribution in [0.15, 0.2) is 30.3 Å². The van der Waals surface area contributed by atoms with Gasteiger partial charge in [0.1, 0.15) is 4.88 Å². The maximum atomic E-state index is 12.3. The first-order valence-electron chi connectivity index (χ1n) is 9.15. The number of aryl methyl sites for hydroxylation is 1. The first-order valence-corrected chi connectivity index (χ1v) is 9.97. The molecule has 0 spiro atoms. The van der Waals surface area contributed by atoms with Crippen molar-refractivity contribution in [1.82, 2.24) is 0 Å². The molecule has 6 heteroatoms. The number of carbonyl (C=O) groups is 3. The van der Waals surface area contributed by atoms with Crippen molar-refractivity contribution in [3.05, 3.63) is 51.2 Å². The minimum atomic E-state index is -0.454. The minimum Gasteiger partial charge on any atom is -0.451 e. The molecule has 1 amide bonds. The summed E-state index contributed by atoms with van der Waals surface area (Å²) in [6.45, 7) is 3.34. The van der Waals surface area contributed by atoms with Crippen molar-refractivity contribution in [2.45, 2.75) is 39.5 Å². The molecule has 1 N–H and O–H groups in total. The molecule has 0 aliphatic heterocycles. The lowest BCUT2D eigenvalue weighted by Crippen LogP contribution is -2.20. The second kappa shape index (κ2) is 8.48. The largest absolute Gasteiger partial charge is 0.451 e. The topological polar surface area (TPSA) is 72.5 Å². The van der Waals surface area contributed by atoms with Gasteiger partial charge < -0.3 is 10.1 Å². The maximum Gasteiger partial charge on any atom is 0.348 e.